The van der Waals surface area contributed by atoms with Crippen LogP contribution in [-0.4, -0.2) is 39.0 Å². The summed E-state index contributed by atoms with van der Waals surface area (Å²) < 4.78 is 11.0. The molecule has 0 radical (unpaired) electrons. The zero-order chi connectivity index (χ0) is 12.9. The number of hydrogen-bond acceptors (Lipinski definition) is 4. The van der Waals surface area contributed by atoms with Crippen LogP contribution in [0.4, 0.5) is 0 Å². The van der Waals surface area contributed by atoms with Gasteiger partial charge in [-0.2, -0.15) is 0 Å². The molecule has 1 unspecified atom stereocenters. The van der Waals surface area contributed by atoms with Crippen LogP contribution in [0.2, 0.25) is 0 Å². The van der Waals surface area contributed by atoms with E-state index in [1.807, 2.05) is 0 Å². The summed E-state index contributed by atoms with van der Waals surface area (Å²) in [4.78, 5) is 0. The molecule has 1 aromatic rings. The third-order valence-electron chi connectivity index (χ3n) is 3.75. The lowest BCUT2D eigenvalue weighted by Crippen LogP contribution is -2.42. The van der Waals surface area contributed by atoms with Gasteiger partial charge in [0.15, 0.2) is 0 Å². The van der Waals surface area contributed by atoms with Gasteiger partial charge in [0, 0.05) is 25.6 Å². The molecule has 0 aromatic heterocycles. The number of benzene rings is 1. The largest absolute Gasteiger partial charge is 0.493 e. The molecule has 1 saturated heterocycles. The molecule has 0 aliphatic carbocycles. The third-order valence-corrected chi connectivity index (χ3v) is 3.75. The first kappa shape index (κ1) is 12.9. The highest BCUT2D eigenvalue weighted by molar-refractivity contribution is 5.39. The van der Waals surface area contributed by atoms with Gasteiger partial charge in [-0.3, -0.25) is 0 Å². The van der Waals surface area contributed by atoms with Gasteiger partial charge in [0.05, 0.1) is 19.8 Å². The number of fused-ring (bicyclic) bond motifs is 1. The van der Waals surface area contributed by atoms with Crippen molar-refractivity contribution in [1.29, 1.82) is 0 Å². The Morgan fingerprint density at radius 2 is 2.32 bits per heavy atom. The average molecular weight is 262 g/mol. The molecule has 4 heteroatoms. The minimum absolute atomic E-state index is 0.509. The van der Waals surface area contributed by atoms with E-state index in [1.54, 1.807) is 0 Å². The van der Waals surface area contributed by atoms with Crippen molar-refractivity contribution in [2.24, 2.45) is 0 Å². The van der Waals surface area contributed by atoms with E-state index in [-0.39, 0.29) is 0 Å². The number of nitrogens with one attached hydrogen (secondary N) is 2. The van der Waals surface area contributed by atoms with Crippen molar-refractivity contribution >= 4 is 0 Å². The molecule has 0 saturated carbocycles. The van der Waals surface area contributed by atoms with Gasteiger partial charge in [-0.05, 0) is 30.2 Å². The number of morpholine rings is 1. The van der Waals surface area contributed by atoms with E-state index in [2.05, 4.69) is 28.8 Å². The molecule has 2 heterocycles. The van der Waals surface area contributed by atoms with Crippen molar-refractivity contribution in [3.05, 3.63) is 29.3 Å². The van der Waals surface area contributed by atoms with E-state index in [0.717, 1.165) is 58.0 Å². The molecule has 0 spiro atoms. The monoisotopic (exact) mass is 262 g/mol. The highest BCUT2D eigenvalue weighted by Gasteiger charge is 2.13. The molecule has 2 aliphatic rings. The Morgan fingerprint density at radius 1 is 1.32 bits per heavy atom. The van der Waals surface area contributed by atoms with Crippen LogP contribution in [0, 0.1) is 0 Å². The van der Waals surface area contributed by atoms with Gasteiger partial charge in [0.2, 0.25) is 0 Å². The van der Waals surface area contributed by atoms with Crippen LogP contribution in [-0.2, 0) is 17.7 Å². The normalized spacial score (nSPS) is 22.0. The number of rotatable bonds is 5. The fraction of sp³-hybridized carbons (Fsp3) is 0.600. The van der Waals surface area contributed by atoms with Crippen molar-refractivity contribution < 1.29 is 9.47 Å². The lowest BCUT2D eigenvalue weighted by atomic mass is 10.1. The smallest absolute Gasteiger partial charge is 0.122 e. The zero-order valence-electron chi connectivity index (χ0n) is 11.3. The first-order valence-corrected chi connectivity index (χ1v) is 7.18. The summed E-state index contributed by atoms with van der Waals surface area (Å²) in [5, 5.41) is 6.97. The maximum atomic E-state index is 5.52. The average Bonchev–Trinajstić information content (AvgIpc) is 2.92. The number of ether oxygens (including phenoxy) is 2. The highest BCUT2D eigenvalue weighted by Crippen LogP contribution is 2.25. The Kier molecular flexibility index (Phi) is 4.33. The van der Waals surface area contributed by atoms with Gasteiger partial charge in [0.1, 0.15) is 5.75 Å². The summed E-state index contributed by atoms with van der Waals surface area (Å²) >= 11 is 0. The van der Waals surface area contributed by atoms with Crippen molar-refractivity contribution in [2.75, 3.05) is 32.9 Å². The maximum absolute atomic E-state index is 5.52. The van der Waals surface area contributed by atoms with Crippen LogP contribution >= 0.6 is 0 Å². The molecular formula is C15H22N2O2. The fourth-order valence-corrected chi connectivity index (χ4v) is 2.66. The summed E-state index contributed by atoms with van der Waals surface area (Å²) in [5.41, 5.74) is 2.69. The van der Waals surface area contributed by atoms with Crippen LogP contribution in [0.5, 0.6) is 5.75 Å². The minimum atomic E-state index is 0.509. The van der Waals surface area contributed by atoms with Gasteiger partial charge in [0.25, 0.3) is 0 Å². The second kappa shape index (κ2) is 6.37. The molecule has 104 valence electrons. The SMILES string of the molecule is c1cc2c(cc1CNCCC1COCCN1)CCO2. The van der Waals surface area contributed by atoms with Crippen LogP contribution in [0.15, 0.2) is 18.2 Å². The second-order valence-corrected chi connectivity index (χ2v) is 5.23. The molecule has 4 nitrogen and oxygen atoms in total. The molecule has 0 amide bonds. The Bertz CT molecular complexity index is 417. The third kappa shape index (κ3) is 3.47. The van der Waals surface area contributed by atoms with E-state index < -0.39 is 0 Å². The number of hydrogen-bond donors (Lipinski definition) is 2. The first-order chi connectivity index (χ1) is 9.42. The molecule has 2 aliphatic heterocycles. The predicted octanol–water partition coefficient (Wildman–Crippen LogP) is 1.09. The lowest BCUT2D eigenvalue weighted by Gasteiger charge is -2.23. The van der Waals surface area contributed by atoms with Crippen molar-refractivity contribution in [3.8, 4) is 5.75 Å². The fourth-order valence-electron chi connectivity index (χ4n) is 2.66. The predicted molar refractivity (Wildman–Crippen MR) is 74.6 cm³/mol. The topological polar surface area (TPSA) is 42.5 Å². The van der Waals surface area contributed by atoms with E-state index in [4.69, 9.17) is 9.47 Å². The molecule has 19 heavy (non-hydrogen) atoms. The molecule has 1 atom stereocenters. The van der Waals surface area contributed by atoms with Crippen LogP contribution < -0.4 is 15.4 Å². The molecule has 0 bridgehead atoms. The standard InChI is InChI=1S/C15H22N2O2/c1-2-15-13(4-7-19-15)9-12(1)10-16-5-3-14-11-18-8-6-17-14/h1-2,9,14,16-17H,3-8,10-11H2. The van der Waals surface area contributed by atoms with Gasteiger partial charge >= 0.3 is 0 Å². The molecule has 2 N–H and O–H groups in total. The van der Waals surface area contributed by atoms with Crippen molar-refractivity contribution in [1.82, 2.24) is 10.6 Å². The van der Waals surface area contributed by atoms with Gasteiger partial charge < -0.3 is 20.1 Å². The first-order valence-electron chi connectivity index (χ1n) is 7.18. The Balaban J connectivity index is 1.40. The Labute approximate surface area is 114 Å². The summed E-state index contributed by atoms with van der Waals surface area (Å²) in [6.45, 7) is 5.46. The summed E-state index contributed by atoms with van der Waals surface area (Å²) in [7, 11) is 0. The van der Waals surface area contributed by atoms with Gasteiger partial charge in [-0.25, -0.2) is 0 Å². The van der Waals surface area contributed by atoms with Gasteiger partial charge in [-0.15, -0.1) is 0 Å². The van der Waals surface area contributed by atoms with E-state index in [0.29, 0.717) is 6.04 Å². The van der Waals surface area contributed by atoms with Crippen molar-refractivity contribution in [3.63, 3.8) is 0 Å². The molecule has 3 rings (SSSR count). The van der Waals surface area contributed by atoms with Crippen molar-refractivity contribution in [2.45, 2.75) is 25.4 Å². The zero-order valence-corrected chi connectivity index (χ0v) is 11.3. The summed E-state index contributed by atoms with van der Waals surface area (Å²) in [6, 6.07) is 7.02. The van der Waals surface area contributed by atoms with E-state index >= 15 is 0 Å². The maximum Gasteiger partial charge on any atom is 0.122 e. The Hall–Kier alpha value is -1.10. The second-order valence-electron chi connectivity index (χ2n) is 5.23. The van der Waals surface area contributed by atoms with Crippen LogP contribution in [0.1, 0.15) is 17.5 Å². The molecular weight excluding hydrogens is 240 g/mol. The molecule has 1 aromatic carbocycles. The minimum Gasteiger partial charge on any atom is -0.493 e. The van der Waals surface area contributed by atoms with E-state index in [9.17, 15) is 0 Å². The summed E-state index contributed by atoms with van der Waals surface area (Å²) in [6.07, 6.45) is 2.17. The van der Waals surface area contributed by atoms with Gasteiger partial charge in [-0.1, -0.05) is 12.1 Å². The van der Waals surface area contributed by atoms with E-state index in [1.165, 1.54) is 11.1 Å². The Morgan fingerprint density at radius 3 is 3.21 bits per heavy atom. The van der Waals surface area contributed by atoms with Crippen LogP contribution in [0.25, 0.3) is 0 Å². The highest BCUT2D eigenvalue weighted by atomic mass is 16.5. The molecule has 1 fully saturated rings. The summed E-state index contributed by atoms with van der Waals surface area (Å²) in [5.74, 6) is 1.06. The lowest BCUT2D eigenvalue weighted by molar-refractivity contribution is 0.0742. The quantitative estimate of drug-likeness (QED) is 0.780. The van der Waals surface area contributed by atoms with Crippen LogP contribution in [0.3, 0.4) is 0 Å².